The Morgan fingerprint density at radius 3 is 1.89 bits per heavy atom. The van der Waals surface area contributed by atoms with Crippen LogP contribution in [0.2, 0.25) is 0 Å². The first-order chi connectivity index (χ1) is 21.5. The Morgan fingerprint density at radius 1 is 0.783 bits per heavy atom. The predicted octanol–water partition coefficient (Wildman–Crippen LogP) is 11.0. The topological polar surface area (TPSA) is 40.5 Å². The summed E-state index contributed by atoms with van der Waals surface area (Å²) in [6, 6.07) is 15.9. The van der Waals surface area contributed by atoms with E-state index in [1.54, 1.807) is 18.2 Å². The molecular weight excluding hydrogens is 604 g/mol. The molecule has 0 aliphatic carbocycles. The number of carboxylic acids is 1. The minimum atomic E-state index is -4.47. The standard InChI is InChI=1S/C37H43F6NO2/c1-23(2)7-16-34(26-10-14-32(15-11-26)37(41,42)43)44-17-5-6-27(22-44)29-19-28(25-8-12-31(13-9-25)36(38,39)40)20-30(21-29)33(35(45)46)18-24(3)4/h8-15,19-21,23-24,27,33-34H,5-7,16-18,22H2,1-4H3,(H,45,46)/t27?,33?,34-/m1/s1. The summed E-state index contributed by atoms with van der Waals surface area (Å²) < 4.78 is 79.8. The molecule has 0 bridgehead atoms. The van der Waals surface area contributed by atoms with Gasteiger partial charge in [-0.1, -0.05) is 70.2 Å². The van der Waals surface area contributed by atoms with Gasteiger partial charge >= 0.3 is 18.3 Å². The van der Waals surface area contributed by atoms with Crippen molar-refractivity contribution < 1.29 is 36.2 Å². The maximum atomic E-state index is 13.3. The first-order valence-electron chi connectivity index (χ1n) is 16.0. The maximum absolute atomic E-state index is 13.3. The van der Waals surface area contributed by atoms with E-state index in [-0.39, 0.29) is 17.9 Å². The highest BCUT2D eigenvalue weighted by Gasteiger charge is 2.33. The van der Waals surface area contributed by atoms with Crippen molar-refractivity contribution in [3.63, 3.8) is 0 Å². The zero-order valence-electron chi connectivity index (χ0n) is 26.8. The van der Waals surface area contributed by atoms with E-state index >= 15 is 0 Å². The van der Waals surface area contributed by atoms with Gasteiger partial charge in [0.1, 0.15) is 0 Å². The Bertz CT molecular complexity index is 1440. The Labute approximate surface area is 267 Å². The highest BCUT2D eigenvalue weighted by Crippen LogP contribution is 2.40. The number of aliphatic carboxylic acids is 1. The molecule has 3 atom stereocenters. The molecule has 0 amide bonds. The van der Waals surface area contributed by atoms with Crippen LogP contribution in [0.25, 0.3) is 11.1 Å². The lowest BCUT2D eigenvalue weighted by Crippen LogP contribution is -2.37. The van der Waals surface area contributed by atoms with Gasteiger partial charge < -0.3 is 5.11 Å². The van der Waals surface area contributed by atoms with E-state index in [1.807, 2.05) is 26.0 Å². The first-order valence-corrected chi connectivity index (χ1v) is 16.0. The number of carboxylic acid groups (broad SMARTS) is 1. The number of piperidine rings is 1. The van der Waals surface area contributed by atoms with Crippen molar-refractivity contribution in [2.24, 2.45) is 11.8 Å². The van der Waals surface area contributed by atoms with Gasteiger partial charge in [-0.3, -0.25) is 9.69 Å². The van der Waals surface area contributed by atoms with Gasteiger partial charge in [0.15, 0.2) is 0 Å². The van der Waals surface area contributed by atoms with E-state index in [0.29, 0.717) is 35.6 Å². The predicted molar refractivity (Wildman–Crippen MR) is 169 cm³/mol. The quantitative estimate of drug-likeness (QED) is 0.211. The lowest BCUT2D eigenvalue weighted by atomic mass is 9.82. The zero-order chi connectivity index (χ0) is 33.8. The second-order valence-corrected chi connectivity index (χ2v) is 13.4. The summed E-state index contributed by atoms with van der Waals surface area (Å²) in [5, 5.41) is 10.2. The van der Waals surface area contributed by atoms with Crippen molar-refractivity contribution in [1.29, 1.82) is 0 Å². The molecule has 0 spiro atoms. The molecule has 46 heavy (non-hydrogen) atoms. The molecule has 3 aromatic carbocycles. The smallest absolute Gasteiger partial charge is 0.416 e. The van der Waals surface area contributed by atoms with E-state index in [4.69, 9.17) is 0 Å². The lowest BCUT2D eigenvalue weighted by molar-refractivity contribution is -0.139. The van der Waals surface area contributed by atoms with Crippen LogP contribution in [0.15, 0.2) is 66.7 Å². The summed E-state index contributed by atoms with van der Waals surface area (Å²) in [5.41, 5.74) is 2.15. The van der Waals surface area contributed by atoms with E-state index in [9.17, 15) is 36.2 Å². The fourth-order valence-corrected chi connectivity index (χ4v) is 6.49. The molecule has 1 fully saturated rings. The van der Waals surface area contributed by atoms with E-state index in [1.165, 1.54) is 12.1 Å². The van der Waals surface area contributed by atoms with Gasteiger partial charge in [0, 0.05) is 12.6 Å². The molecule has 0 radical (unpaired) electrons. The molecule has 3 nitrogen and oxygen atoms in total. The monoisotopic (exact) mass is 647 g/mol. The molecule has 4 rings (SSSR count). The molecule has 3 aromatic rings. The van der Waals surface area contributed by atoms with Crippen LogP contribution >= 0.6 is 0 Å². The summed E-state index contributed by atoms with van der Waals surface area (Å²) in [6.07, 6.45) is -5.12. The molecular formula is C37H43F6NO2. The highest BCUT2D eigenvalue weighted by molar-refractivity contribution is 5.78. The number of carbonyl (C=O) groups is 1. The summed E-state index contributed by atoms with van der Waals surface area (Å²) in [7, 11) is 0. The minimum Gasteiger partial charge on any atom is -0.481 e. The van der Waals surface area contributed by atoms with Crippen molar-refractivity contribution >= 4 is 5.97 Å². The first kappa shape index (κ1) is 35.5. The third-order valence-electron chi connectivity index (χ3n) is 8.94. The van der Waals surface area contributed by atoms with Gasteiger partial charge in [0.2, 0.25) is 0 Å². The Kier molecular flexibility index (Phi) is 11.3. The number of hydrogen-bond acceptors (Lipinski definition) is 2. The average molecular weight is 648 g/mol. The number of nitrogens with zero attached hydrogens (tertiary/aromatic N) is 1. The van der Waals surface area contributed by atoms with Gasteiger partial charge in [-0.25, -0.2) is 0 Å². The number of likely N-dealkylation sites (tertiary alicyclic amines) is 1. The van der Waals surface area contributed by atoms with Crippen LogP contribution in [-0.2, 0) is 17.1 Å². The highest BCUT2D eigenvalue weighted by atomic mass is 19.4. The molecule has 1 aliphatic heterocycles. The fourth-order valence-electron chi connectivity index (χ4n) is 6.49. The van der Waals surface area contributed by atoms with Crippen LogP contribution in [0.5, 0.6) is 0 Å². The number of halogens is 6. The molecule has 250 valence electrons. The van der Waals surface area contributed by atoms with Crippen LogP contribution in [0, 0.1) is 11.8 Å². The van der Waals surface area contributed by atoms with Crippen molar-refractivity contribution in [2.45, 2.75) is 90.0 Å². The molecule has 1 heterocycles. The van der Waals surface area contributed by atoms with Crippen LogP contribution in [0.4, 0.5) is 26.3 Å². The maximum Gasteiger partial charge on any atom is 0.416 e. The number of benzene rings is 3. The minimum absolute atomic E-state index is 0.00592. The molecule has 1 N–H and O–H groups in total. The SMILES string of the molecule is CC(C)CC[C@H](c1ccc(C(F)(F)F)cc1)N1CCCC(c2cc(-c3ccc(C(F)(F)F)cc3)cc(C(CC(C)C)C(=O)O)c2)C1. The molecule has 1 saturated heterocycles. The van der Waals surface area contributed by atoms with Crippen LogP contribution in [-0.4, -0.2) is 29.1 Å². The van der Waals surface area contributed by atoms with Gasteiger partial charge in [-0.15, -0.1) is 0 Å². The number of alkyl halides is 6. The van der Waals surface area contributed by atoms with Crippen molar-refractivity contribution in [1.82, 2.24) is 4.90 Å². The normalized spacial score (nSPS) is 17.8. The molecule has 0 saturated carbocycles. The number of rotatable bonds is 11. The van der Waals surface area contributed by atoms with Crippen LogP contribution in [0.3, 0.4) is 0 Å². The van der Waals surface area contributed by atoms with Crippen LogP contribution in [0.1, 0.15) is 105 Å². The largest absolute Gasteiger partial charge is 0.481 e. The second kappa shape index (κ2) is 14.6. The molecule has 1 aliphatic rings. The van der Waals surface area contributed by atoms with Gasteiger partial charge in [0.05, 0.1) is 17.0 Å². The summed E-state index contributed by atoms with van der Waals surface area (Å²) in [6.45, 7) is 9.54. The second-order valence-electron chi connectivity index (χ2n) is 13.4. The van der Waals surface area contributed by atoms with E-state index < -0.39 is 35.4 Å². The Morgan fingerprint density at radius 2 is 1.37 bits per heavy atom. The lowest BCUT2D eigenvalue weighted by Gasteiger charge is -2.39. The molecule has 2 unspecified atom stereocenters. The van der Waals surface area contributed by atoms with Crippen molar-refractivity contribution in [2.75, 3.05) is 13.1 Å². The Hall–Kier alpha value is -3.33. The number of hydrogen-bond donors (Lipinski definition) is 1. The zero-order valence-corrected chi connectivity index (χ0v) is 26.8. The van der Waals surface area contributed by atoms with Crippen molar-refractivity contribution in [3.05, 3.63) is 94.5 Å². The fraction of sp³-hybridized carbons (Fsp3) is 0.486. The van der Waals surface area contributed by atoms with Gasteiger partial charge in [-0.05, 0) is 108 Å². The van der Waals surface area contributed by atoms with E-state index in [2.05, 4.69) is 18.7 Å². The van der Waals surface area contributed by atoms with E-state index in [0.717, 1.165) is 67.6 Å². The van der Waals surface area contributed by atoms with Gasteiger partial charge in [0.25, 0.3) is 0 Å². The summed E-state index contributed by atoms with van der Waals surface area (Å²) in [5.74, 6) is -1.21. The van der Waals surface area contributed by atoms with Gasteiger partial charge in [-0.2, -0.15) is 26.3 Å². The Balaban J connectivity index is 1.72. The third-order valence-corrected chi connectivity index (χ3v) is 8.94. The van der Waals surface area contributed by atoms with Crippen LogP contribution < -0.4 is 0 Å². The summed E-state index contributed by atoms with van der Waals surface area (Å²) in [4.78, 5) is 14.8. The molecule has 0 aromatic heterocycles. The van der Waals surface area contributed by atoms with Crippen molar-refractivity contribution in [3.8, 4) is 11.1 Å². The molecule has 9 heteroatoms. The average Bonchev–Trinajstić information content (AvgIpc) is 2.99. The third kappa shape index (κ3) is 9.14. The summed E-state index contributed by atoms with van der Waals surface area (Å²) >= 11 is 0.